The number of aliphatic hydroxyl groups is 1. The Morgan fingerprint density at radius 2 is 2.33 bits per heavy atom. The zero-order valence-electron chi connectivity index (χ0n) is 9.79. The minimum absolute atomic E-state index is 0.0518. The standard InChI is InChI=1S/C12H21NO2/c1-4-12(3,10(2)14)9-13-7-11-5-6-15-8-11/h5-6,8,10,13-14H,4,7,9H2,1-3H3. The highest BCUT2D eigenvalue weighted by molar-refractivity contribution is 5.04. The molecule has 2 unspecified atom stereocenters. The van der Waals surface area contributed by atoms with Crippen LogP contribution in [0.25, 0.3) is 0 Å². The molecule has 0 aromatic carbocycles. The van der Waals surface area contributed by atoms with Crippen LogP contribution >= 0.6 is 0 Å². The first kappa shape index (κ1) is 12.3. The fourth-order valence-electron chi connectivity index (χ4n) is 1.45. The Labute approximate surface area is 91.5 Å². The van der Waals surface area contributed by atoms with E-state index in [2.05, 4.69) is 19.2 Å². The summed E-state index contributed by atoms with van der Waals surface area (Å²) in [5, 5.41) is 13.0. The molecule has 0 aliphatic carbocycles. The van der Waals surface area contributed by atoms with Crippen molar-refractivity contribution in [1.82, 2.24) is 5.32 Å². The number of rotatable bonds is 6. The fraction of sp³-hybridized carbons (Fsp3) is 0.667. The normalized spacial score (nSPS) is 17.3. The van der Waals surface area contributed by atoms with Crippen LogP contribution in [0.1, 0.15) is 32.8 Å². The molecule has 1 heterocycles. The van der Waals surface area contributed by atoms with Crippen LogP contribution in [0.3, 0.4) is 0 Å². The molecular weight excluding hydrogens is 190 g/mol. The summed E-state index contributed by atoms with van der Waals surface area (Å²) < 4.78 is 4.98. The van der Waals surface area contributed by atoms with Gasteiger partial charge in [-0.05, 0) is 19.4 Å². The molecule has 0 aliphatic rings. The maximum atomic E-state index is 9.67. The van der Waals surface area contributed by atoms with E-state index in [-0.39, 0.29) is 11.5 Å². The van der Waals surface area contributed by atoms with Gasteiger partial charge in [-0.1, -0.05) is 13.8 Å². The topological polar surface area (TPSA) is 45.4 Å². The number of hydrogen-bond donors (Lipinski definition) is 2. The van der Waals surface area contributed by atoms with Gasteiger partial charge in [0.1, 0.15) is 0 Å². The van der Waals surface area contributed by atoms with Crippen molar-refractivity contribution in [3.63, 3.8) is 0 Å². The van der Waals surface area contributed by atoms with Crippen molar-refractivity contribution < 1.29 is 9.52 Å². The molecule has 2 N–H and O–H groups in total. The lowest BCUT2D eigenvalue weighted by Crippen LogP contribution is -2.39. The zero-order chi connectivity index (χ0) is 11.3. The first-order valence-electron chi connectivity index (χ1n) is 5.48. The Kier molecular flexibility index (Phi) is 4.36. The van der Waals surface area contributed by atoms with Crippen LogP contribution < -0.4 is 5.32 Å². The van der Waals surface area contributed by atoms with E-state index in [9.17, 15) is 5.11 Å². The first-order valence-corrected chi connectivity index (χ1v) is 5.48. The van der Waals surface area contributed by atoms with Gasteiger partial charge in [-0.15, -0.1) is 0 Å². The van der Waals surface area contributed by atoms with E-state index in [0.717, 1.165) is 25.1 Å². The van der Waals surface area contributed by atoms with Gasteiger partial charge in [0.25, 0.3) is 0 Å². The zero-order valence-corrected chi connectivity index (χ0v) is 9.79. The van der Waals surface area contributed by atoms with Gasteiger partial charge < -0.3 is 14.8 Å². The van der Waals surface area contributed by atoms with Crippen molar-refractivity contribution in [2.24, 2.45) is 5.41 Å². The third-order valence-electron chi connectivity index (χ3n) is 3.25. The highest BCUT2D eigenvalue weighted by atomic mass is 16.3. The summed E-state index contributed by atoms with van der Waals surface area (Å²) in [6.45, 7) is 7.65. The third-order valence-corrected chi connectivity index (χ3v) is 3.25. The Morgan fingerprint density at radius 3 is 2.80 bits per heavy atom. The summed E-state index contributed by atoms with van der Waals surface area (Å²) in [5.41, 5.74) is 1.09. The predicted octanol–water partition coefficient (Wildman–Crippen LogP) is 2.17. The molecule has 1 aromatic heterocycles. The van der Waals surface area contributed by atoms with E-state index in [1.54, 1.807) is 12.5 Å². The molecule has 0 fully saturated rings. The van der Waals surface area contributed by atoms with E-state index < -0.39 is 0 Å². The average Bonchev–Trinajstić information content (AvgIpc) is 2.70. The molecule has 0 spiro atoms. The van der Waals surface area contributed by atoms with Crippen LogP contribution in [0, 0.1) is 5.41 Å². The molecule has 1 rings (SSSR count). The monoisotopic (exact) mass is 211 g/mol. The van der Waals surface area contributed by atoms with Crippen molar-refractivity contribution in [2.75, 3.05) is 6.54 Å². The average molecular weight is 211 g/mol. The van der Waals surface area contributed by atoms with Gasteiger partial charge in [0.2, 0.25) is 0 Å². The van der Waals surface area contributed by atoms with Crippen LogP contribution in [0.15, 0.2) is 23.0 Å². The van der Waals surface area contributed by atoms with Crippen LogP contribution in [-0.4, -0.2) is 17.8 Å². The quantitative estimate of drug-likeness (QED) is 0.758. The molecule has 86 valence electrons. The molecule has 15 heavy (non-hydrogen) atoms. The van der Waals surface area contributed by atoms with Gasteiger partial charge in [0.05, 0.1) is 18.6 Å². The molecule has 3 heteroatoms. The van der Waals surface area contributed by atoms with E-state index in [0.29, 0.717) is 0 Å². The SMILES string of the molecule is CCC(C)(CNCc1ccoc1)C(C)O. The third kappa shape index (κ3) is 3.36. The summed E-state index contributed by atoms with van der Waals surface area (Å²) >= 11 is 0. The smallest absolute Gasteiger partial charge is 0.0947 e. The van der Waals surface area contributed by atoms with Crippen molar-refractivity contribution in [3.8, 4) is 0 Å². The molecule has 0 saturated carbocycles. The summed E-state index contributed by atoms with van der Waals surface area (Å²) in [4.78, 5) is 0. The first-order chi connectivity index (χ1) is 7.08. The lowest BCUT2D eigenvalue weighted by atomic mass is 9.82. The Bertz CT molecular complexity index is 269. The van der Waals surface area contributed by atoms with Gasteiger partial charge in [0.15, 0.2) is 0 Å². The second-order valence-corrected chi connectivity index (χ2v) is 4.42. The molecule has 0 amide bonds. The Balaban J connectivity index is 2.35. The summed E-state index contributed by atoms with van der Waals surface area (Å²) in [7, 11) is 0. The summed E-state index contributed by atoms with van der Waals surface area (Å²) in [5.74, 6) is 0. The van der Waals surface area contributed by atoms with E-state index in [4.69, 9.17) is 4.42 Å². The fourth-order valence-corrected chi connectivity index (χ4v) is 1.45. The maximum Gasteiger partial charge on any atom is 0.0947 e. The van der Waals surface area contributed by atoms with Crippen LogP contribution in [0.5, 0.6) is 0 Å². The number of furan rings is 1. The van der Waals surface area contributed by atoms with Crippen LogP contribution in [-0.2, 0) is 6.54 Å². The van der Waals surface area contributed by atoms with Crippen molar-refractivity contribution in [3.05, 3.63) is 24.2 Å². The van der Waals surface area contributed by atoms with Gasteiger partial charge in [0, 0.05) is 24.1 Å². The maximum absolute atomic E-state index is 9.67. The molecular formula is C12H21NO2. The Morgan fingerprint density at radius 1 is 1.60 bits per heavy atom. The van der Waals surface area contributed by atoms with Gasteiger partial charge in [-0.3, -0.25) is 0 Å². The lowest BCUT2D eigenvalue weighted by Gasteiger charge is -2.31. The van der Waals surface area contributed by atoms with Gasteiger partial charge >= 0.3 is 0 Å². The summed E-state index contributed by atoms with van der Waals surface area (Å²) in [6, 6.07) is 1.94. The van der Waals surface area contributed by atoms with Crippen molar-refractivity contribution in [1.29, 1.82) is 0 Å². The minimum atomic E-state index is -0.292. The Hall–Kier alpha value is -0.800. The van der Waals surface area contributed by atoms with Crippen LogP contribution in [0.2, 0.25) is 0 Å². The van der Waals surface area contributed by atoms with Crippen molar-refractivity contribution >= 4 is 0 Å². The predicted molar refractivity (Wildman–Crippen MR) is 60.5 cm³/mol. The molecule has 0 radical (unpaired) electrons. The van der Waals surface area contributed by atoms with E-state index in [1.165, 1.54) is 0 Å². The molecule has 2 atom stereocenters. The van der Waals surface area contributed by atoms with Gasteiger partial charge in [-0.2, -0.15) is 0 Å². The largest absolute Gasteiger partial charge is 0.472 e. The number of aliphatic hydroxyl groups excluding tert-OH is 1. The van der Waals surface area contributed by atoms with E-state index in [1.807, 2.05) is 13.0 Å². The van der Waals surface area contributed by atoms with Gasteiger partial charge in [-0.25, -0.2) is 0 Å². The highest BCUT2D eigenvalue weighted by Crippen LogP contribution is 2.24. The number of nitrogens with one attached hydrogen (secondary N) is 1. The molecule has 0 saturated heterocycles. The lowest BCUT2D eigenvalue weighted by molar-refractivity contribution is 0.0489. The minimum Gasteiger partial charge on any atom is -0.472 e. The highest BCUT2D eigenvalue weighted by Gasteiger charge is 2.27. The summed E-state index contributed by atoms with van der Waals surface area (Å²) in [6.07, 6.45) is 4.08. The molecule has 3 nitrogen and oxygen atoms in total. The second kappa shape index (κ2) is 5.33. The second-order valence-electron chi connectivity index (χ2n) is 4.42. The molecule has 0 aliphatic heterocycles. The van der Waals surface area contributed by atoms with Crippen molar-refractivity contribution in [2.45, 2.75) is 39.8 Å². The number of hydrogen-bond acceptors (Lipinski definition) is 3. The molecule has 0 bridgehead atoms. The van der Waals surface area contributed by atoms with Crippen LogP contribution in [0.4, 0.5) is 0 Å². The van der Waals surface area contributed by atoms with E-state index >= 15 is 0 Å². The molecule has 1 aromatic rings.